The first kappa shape index (κ1) is 13.2. The number of aromatic amines is 1. The lowest BCUT2D eigenvalue weighted by atomic mass is 10.0. The highest BCUT2D eigenvalue weighted by molar-refractivity contribution is 5.95. The van der Waals surface area contributed by atoms with Gasteiger partial charge in [-0.15, -0.1) is 0 Å². The molecule has 21 heavy (non-hydrogen) atoms. The molecule has 0 saturated carbocycles. The first-order valence-corrected chi connectivity index (χ1v) is 6.57. The van der Waals surface area contributed by atoms with Crippen LogP contribution in [0.4, 0.5) is 0 Å². The minimum absolute atomic E-state index is 0.134. The van der Waals surface area contributed by atoms with Crippen LogP contribution in [0.5, 0.6) is 11.5 Å². The molecule has 3 aromatic rings. The zero-order valence-electron chi connectivity index (χ0n) is 11.8. The van der Waals surface area contributed by atoms with Gasteiger partial charge in [0.05, 0.1) is 14.2 Å². The molecule has 4 nitrogen and oxygen atoms in total. The summed E-state index contributed by atoms with van der Waals surface area (Å²) in [5.41, 5.74) is 2.43. The standard InChI is InChI=1S/C17H15NO3/c1-20-12-5-3-4-11(8-12)14-10-17(19)18-16-7-6-13(21-2)9-15(14)16/h3-10H,1-2H3,(H,18,19). The van der Waals surface area contributed by atoms with E-state index in [0.717, 1.165) is 33.5 Å². The monoisotopic (exact) mass is 281 g/mol. The molecule has 0 unspecified atom stereocenters. The third kappa shape index (κ3) is 2.48. The molecule has 0 fully saturated rings. The maximum Gasteiger partial charge on any atom is 0.249 e. The molecule has 1 heterocycles. The maximum atomic E-state index is 11.9. The Hall–Kier alpha value is -2.75. The molecule has 0 radical (unpaired) electrons. The van der Waals surface area contributed by atoms with E-state index in [1.807, 2.05) is 42.5 Å². The van der Waals surface area contributed by atoms with Gasteiger partial charge in [-0.25, -0.2) is 0 Å². The molecule has 0 atom stereocenters. The predicted molar refractivity (Wildman–Crippen MR) is 83.1 cm³/mol. The van der Waals surface area contributed by atoms with E-state index >= 15 is 0 Å². The average Bonchev–Trinajstić information content (AvgIpc) is 2.53. The van der Waals surface area contributed by atoms with E-state index in [9.17, 15) is 4.79 Å². The summed E-state index contributed by atoms with van der Waals surface area (Å²) in [5, 5.41) is 0.933. The largest absolute Gasteiger partial charge is 0.497 e. The predicted octanol–water partition coefficient (Wildman–Crippen LogP) is 3.21. The van der Waals surface area contributed by atoms with Crippen molar-refractivity contribution in [1.82, 2.24) is 4.98 Å². The summed E-state index contributed by atoms with van der Waals surface area (Å²) in [4.78, 5) is 14.7. The lowest BCUT2D eigenvalue weighted by Crippen LogP contribution is -2.05. The zero-order chi connectivity index (χ0) is 14.8. The number of H-pyrrole nitrogens is 1. The summed E-state index contributed by atoms with van der Waals surface area (Å²) in [5.74, 6) is 1.50. The van der Waals surface area contributed by atoms with Gasteiger partial charge in [0.15, 0.2) is 0 Å². The molecule has 106 valence electrons. The third-order valence-electron chi connectivity index (χ3n) is 3.43. The Morgan fingerprint density at radius 2 is 1.67 bits per heavy atom. The van der Waals surface area contributed by atoms with E-state index in [1.54, 1.807) is 20.3 Å². The van der Waals surface area contributed by atoms with Gasteiger partial charge in [-0.1, -0.05) is 12.1 Å². The molecule has 0 aliphatic rings. The molecule has 0 amide bonds. The molecule has 0 bridgehead atoms. The van der Waals surface area contributed by atoms with Gasteiger partial charge in [-0.3, -0.25) is 4.79 Å². The highest BCUT2D eigenvalue weighted by Crippen LogP contribution is 2.30. The lowest BCUT2D eigenvalue weighted by molar-refractivity contribution is 0.415. The van der Waals surface area contributed by atoms with Crippen LogP contribution in [0, 0.1) is 0 Å². The lowest BCUT2D eigenvalue weighted by Gasteiger charge is -2.09. The van der Waals surface area contributed by atoms with Crippen LogP contribution in [-0.4, -0.2) is 19.2 Å². The summed E-state index contributed by atoms with van der Waals surface area (Å²) >= 11 is 0. The first-order valence-electron chi connectivity index (χ1n) is 6.57. The summed E-state index contributed by atoms with van der Waals surface area (Å²) in [6.07, 6.45) is 0. The van der Waals surface area contributed by atoms with Crippen molar-refractivity contribution in [3.8, 4) is 22.6 Å². The maximum absolute atomic E-state index is 11.9. The van der Waals surface area contributed by atoms with Gasteiger partial charge in [0.2, 0.25) is 5.56 Å². The normalized spacial score (nSPS) is 10.6. The van der Waals surface area contributed by atoms with Gasteiger partial charge in [-0.2, -0.15) is 0 Å². The molecule has 1 aromatic heterocycles. The second kappa shape index (κ2) is 5.32. The molecule has 0 saturated heterocycles. The van der Waals surface area contributed by atoms with Gasteiger partial charge >= 0.3 is 0 Å². The molecule has 0 aliphatic heterocycles. The van der Waals surface area contributed by atoms with Gasteiger partial charge in [0.25, 0.3) is 0 Å². The highest BCUT2D eigenvalue weighted by Gasteiger charge is 2.08. The van der Waals surface area contributed by atoms with Crippen LogP contribution >= 0.6 is 0 Å². The van der Waals surface area contributed by atoms with Gasteiger partial charge in [-0.05, 0) is 41.5 Å². The number of hydrogen-bond acceptors (Lipinski definition) is 3. The van der Waals surface area contributed by atoms with Crippen molar-refractivity contribution in [2.75, 3.05) is 14.2 Å². The summed E-state index contributed by atoms with van der Waals surface area (Å²) in [6.45, 7) is 0. The van der Waals surface area contributed by atoms with Crippen LogP contribution in [-0.2, 0) is 0 Å². The topological polar surface area (TPSA) is 51.3 Å². The number of benzene rings is 2. The Morgan fingerprint density at radius 3 is 2.43 bits per heavy atom. The van der Waals surface area contributed by atoms with E-state index in [-0.39, 0.29) is 5.56 Å². The summed E-state index contributed by atoms with van der Waals surface area (Å²) in [6, 6.07) is 14.8. The number of hydrogen-bond donors (Lipinski definition) is 1. The van der Waals surface area contributed by atoms with E-state index in [2.05, 4.69) is 4.98 Å². The Morgan fingerprint density at radius 1 is 0.905 bits per heavy atom. The van der Waals surface area contributed by atoms with Gasteiger partial charge in [0.1, 0.15) is 11.5 Å². The Labute approximate surface area is 122 Å². The van der Waals surface area contributed by atoms with Crippen LogP contribution in [0.1, 0.15) is 0 Å². The summed E-state index contributed by atoms with van der Waals surface area (Å²) in [7, 11) is 3.25. The van der Waals surface area contributed by atoms with Crippen molar-refractivity contribution in [2.24, 2.45) is 0 Å². The number of nitrogens with one attached hydrogen (secondary N) is 1. The van der Waals surface area contributed by atoms with Crippen LogP contribution in [0.2, 0.25) is 0 Å². The van der Waals surface area contributed by atoms with E-state index in [0.29, 0.717) is 0 Å². The van der Waals surface area contributed by atoms with Crippen LogP contribution < -0.4 is 15.0 Å². The van der Waals surface area contributed by atoms with E-state index in [1.165, 1.54) is 0 Å². The van der Waals surface area contributed by atoms with E-state index < -0.39 is 0 Å². The van der Waals surface area contributed by atoms with Gasteiger partial charge in [0, 0.05) is 17.0 Å². The Bertz CT molecular complexity index is 852. The minimum atomic E-state index is -0.134. The quantitative estimate of drug-likeness (QED) is 0.802. The number of ether oxygens (including phenoxy) is 2. The van der Waals surface area contributed by atoms with E-state index in [4.69, 9.17) is 9.47 Å². The molecule has 0 aliphatic carbocycles. The molecule has 3 rings (SSSR count). The number of pyridine rings is 1. The number of fused-ring (bicyclic) bond motifs is 1. The fraction of sp³-hybridized carbons (Fsp3) is 0.118. The van der Waals surface area contributed by atoms with Crippen molar-refractivity contribution < 1.29 is 9.47 Å². The molecule has 1 N–H and O–H groups in total. The fourth-order valence-corrected chi connectivity index (χ4v) is 2.39. The SMILES string of the molecule is COc1cccc(-c2cc(=O)[nH]c3ccc(OC)cc23)c1. The van der Waals surface area contributed by atoms with Crippen LogP contribution in [0.3, 0.4) is 0 Å². The molecule has 2 aromatic carbocycles. The smallest absolute Gasteiger partial charge is 0.249 e. The fourth-order valence-electron chi connectivity index (χ4n) is 2.39. The zero-order valence-corrected chi connectivity index (χ0v) is 11.8. The second-order valence-electron chi connectivity index (χ2n) is 4.69. The average molecular weight is 281 g/mol. The van der Waals surface area contributed by atoms with Crippen molar-refractivity contribution in [2.45, 2.75) is 0 Å². The molecule has 4 heteroatoms. The first-order chi connectivity index (χ1) is 10.2. The van der Waals surface area contributed by atoms with Crippen molar-refractivity contribution in [3.05, 3.63) is 58.9 Å². The highest BCUT2D eigenvalue weighted by atomic mass is 16.5. The molecular weight excluding hydrogens is 266 g/mol. The van der Waals surface area contributed by atoms with Crippen LogP contribution in [0.25, 0.3) is 22.0 Å². The second-order valence-corrected chi connectivity index (χ2v) is 4.69. The van der Waals surface area contributed by atoms with Crippen molar-refractivity contribution in [1.29, 1.82) is 0 Å². The Kier molecular flexibility index (Phi) is 3.36. The van der Waals surface area contributed by atoms with Crippen molar-refractivity contribution >= 4 is 10.9 Å². The van der Waals surface area contributed by atoms with Gasteiger partial charge < -0.3 is 14.5 Å². The number of aromatic nitrogens is 1. The molecular formula is C17H15NO3. The molecule has 0 spiro atoms. The number of methoxy groups -OCH3 is 2. The summed E-state index contributed by atoms with van der Waals surface area (Å²) < 4.78 is 10.5. The number of rotatable bonds is 3. The minimum Gasteiger partial charge on any atom is -0.497 e. The van der Waals surface area contributed by atoms with Crippen LogP contribution in [0.15, 0.2) is 53.3 Å². The van der Waals surface area contributed by atoms with Crippen molar-refractivity contribution in [3.63, 3.8) is 0 Å². The third-order valence-corrected chi connectivity index (χ3v) is 3.43. The Balaban J connectivity index is 2.31.